The molecule has 0 aliphatic heterocycles. The van der Waals surface area contributed by atoms with E-state index in [0.717, 1.165) is 17.9 Å². The van der Waals surface area contributed by atoms with Crippen molar-refractivity contribution in [2.45, 2.75) is 27.3 Å². The van der Waals surface area contributed by atoms with Gasteiger partial charge in [-0.05, 0) is 73.5 Å². The highest BCUT2D eigenvalue weighted by Crippen LogP contribution is 2.41. The molecule has 204 valence electrons. The SMILES string of the molecule is CCc1ccc(Sc2ccc(P(c3ccc(OC)cc3)c3ccc(OC)cc3)s2)s1.O=S(=O)(O)C(F)(F)F. The number of thiophene rings is 2. The first-order chi connectivity index (χ1) is 17.9. The van der Waals surface area contributed by atoms with Gasteiger partial charge in [0.1, 0.15) is 11.5 Å². The lowest BCUT2D eigenvalue weighted by Gasteiger charge is -2.18. The van der Waals surface area contributed by atoms with Crippen molar-refractivity contribution in [2.24, 2.45) is 0 Å². The number of ether oxygens (including phenoxy) is 2. The highest BCUT2D eigenvalue weighted by atomic mass is 32.2. The fraction of sp³-hybridized carbons (Fsp3) is 0.200. The summed E-state index contributed by atoms with van der Waals surface area (Å²) in [5.74, 6) is 1.77. The molecule has 38 heavy (non-hydrogen) atoms. The number of methoxy groups -OCH3 is 2. The average Bonchev–Trinajstić information content (AvgIpc) is 3.54. The number of alkyl halides is 3. The van der Waals surface area contributed by atoms with Crippen molar-refractivity contribution in [1.29, 1.82) is 0 Å². The molecule has 1 N–H and O–H groups in total. The van der Waals surface area contributed by atoms with E-state index in [1.807, 2.05) is 34.4 Å². The molecule has 13 heteroatoms. The number of benzene rings is 2. The van der Waals surface area contributed by atoms with Crippen molar-refractivity contribution in [2.75, 3.05) is 14.2 Å². The van der Waals surface area contributed by atoms with Gasteiger partial charge in [0.2, 0.25) is 0 Å². The third-order valence-corrected chi connectivity index (χ3v) is 11.9. The molecule has 0 saturated carbocycles. The van der Waals surface area contributed by atoms with E-state index >= 15 is 0 Å². The highest BCUT2D eigenvalue weighted by molar-refractivity contribution is 8.03. The second kappa shape index (κ2) is 13.3. The van der Waals surface area contributed by atoms with Crippen LogP contribution < -0.4 is 24.7 Å². The Labute approximate surface area is 233 Å². The fourth-order valence-electron chi connectivity index (χ4n) is 3.05. The molecule has 4 rings (SSSR count). The Kier molecular flexibility index (Phi) is 10.7. The van der Waals surface area contributed by atoms with Crippen LogP contribution in [0.5, 0.6) is 11.5 Å². The summed E-state index contributed by atoms with van der Waals surface area (Å²) in [4.78, 5) is 1.44. The fourth-order valence-corrected chi connectivity index (χ4v) is 9.70. The van der Waals surface area contributed by atoms with Gasteiger partial charge in [-0.1, -0.05) is 43.0 Å². The first kappa shape index (κ1) is 30.5. The lowest BCUT2D eigenvalue weighted by molar-refractivity contribution is -0.0510. The van der Waals surface area contributed by atoms with E-state index in [0.29, 0.717) is 0 Å². The molecule has 4 aromatic rings. The van der Waals surface area contributed by atoms with Crippen LogP contribution >= 0.6 is 42.4 Å². The molecule has 0 bridgehead atoms. The Bertz CT molecular complexity index is 1370. The van der Waals surface area contributed by atoms with E-state index < -0.39 is 23.5 Å². The Morgan fingerprint density at radius 2 is 1.26 bits per heavy atom. The molecular weight excluding hydrogens is 597 g/mol. The normalized spacial score (nSPS) is 11.7. The number of rotatable bonds is 8. The second-order valence-corrected chi connectivity index (χ2v) is 15.2. The predicted molar refractivity (Wildman–Crippen MR) is 152 cm³/mol. The van der Waals surface area contributed by atoms with Crippen molar-refractivity contribution in [3.05, 3.63) is 77.7 Å². The Hall–Kier alpha value is -2.08. The van der Waals surface area contributed by atoms with Crippen LogP contribution in [0.4, 0.5) is 13.2 Å². The molecule has 2 aromatic carbocycles. The second-order valence-electron chi connectivity index (χ2n) is 7.42. The topological polar surface area (TPSA) is 72.8 Å². The van der Waals surface area contributed by atoms with E-state index in [1.165, 1.54) is 28.5 Å². The standard InChI is InChI=1S/C24H23O2PS3.CHF3O3S/c1-4-21-13-15-23(28-21)30-24-16-14-22(29-24)27(19-9-5-17(25-2)6-10-19)20-11-7-18(26-3)8-12-20;2-1(3,4)8(5,6)7/h5-16H,4H2,1-3H3;(H,5,6,7). The average molecular weight is 621 g/mol. The lowest BCUT2D eigenvalue weighted by atomic mass is 10.3. The smallest absolute Gasteiger partial charge is 0.497 e. The Morgan fingerprint density at radius 3 is 1.66 bits per heavy atom. The summed E-state index contributed by atoms with van der Waals surface area (Å²) in [5.41, 5.74) is -5.53. The van der Waals surface area contributed by atoms with Crippen LogP contribution in [0.1, 0.15) is 11.8 Å². The molecule has 0 saturated heterocycles. The number of halogens is 3. The summed E-state index contributed by atoms with van der Waals surface area (Å²) >= 11 is 5.66. The van der Waals surface area contributed by atoms with Gasteiger partial charge in [0.15, 0.2) is 0 Å². The molecule has 0 fully saturated rings. The van der Waals surface area contributed by atoms with Crippen LogP contribution in [0.25, 0.3) is 0 Å². The van der Waals surface area contributed by atoms with Gasteiger partial charge >= 0.3 is 15.6 Å². The quantitative estimate of drug-likeness (QED) is 0.134. The molecule has 0 aliphatic carbocycles. The summed E-state index contributed by atoms with van der Waals surface area (Å²) in [6, 6.07) is 26.0. The van der Waals surface area contributed by atoms with Crippen molar-refractivity contribution in [1.82, 2.24) is 0 Å². The summed E-state index contributed by atoms with van der Waals surface area (Å²) in [6.07, 6.45) is 1.10. The third-order valence-electron chi connectivity index (χ3n) is 4.93. The Balaban J connectivity index is 0.000000436. The van der Waals surface area contributed by atoms with E-state index in [2.05, 4.69) is 79.7 Å². The number of aryl methyl sites for hydroxylation is 1. The van der Waals surface area contributed by atoms with Gasteiger partial charge in [-0.25, -0.2) is 0 Å². The number of hydrogen-bond donors (Lipinski definition) is 1. The zero-order valence-electron chi connectivity index (χ0n) is 20.4. The van der Waals surface area contributed by atoms with E-state index in [-0.39, 0.29) is 0 Å². The molecule has 0 unspecified atom stereocenters. The van der Waals surface area contributed by atoms with Crippen molar-refractivity contribution in [3.63, 3.8) is 0 Å². The summed E-state index contributed by atoms with van der Waals surface area (Å²) < 4.78 is 72.4. The van der Waals surface area contributed by atoms with Crippen molar-refractivity contribution < 1.29 is 35.6 Å². The number of hydrogen-bond acceptors (Lipinski definition) is 7. The first-order valence-electron chi connectivity index (χ1n) is 10.9. The molecule has 0 spiro atoms. The van der Waals surface area contributed by atoms with Crippen LogP contribution in [0, 0.1) is 0 Å². The Morgan fingerprint density at radius 1 is 0.816 bits per heavy atom. The third kappa shape index (κ3) is 8.21. The van der Waals surface area contributed by atoms with Crippen LogP contribution in [0.15, 0.2) is 81.2 Å². The molecular formula is C25H24F3O5PS4. The molecule has 2 heterocycles. The van der Waals surface area contributed by atoms with Crippen molar-refractivity contribution >= 4 is 67.7 Å². The molecule has 0 atom stereocenters. The molecule has 0 amide bonds. The zero-order valence-corrected chi connectivity index (χ0v) is 24.6. The van der Waals surface area contributed by atoms with E-state index in [1.54, 1.807) is 14.2 Å². The van der Waals surface area contributed by atoms with Gasteiger partial charge in [0.25, 0.3) is 0 Å². The maximum Gasteiger partial charge on any atom is 0.522 e. The first-order valence-corrected chi connectivity index (χ1v) is 16.2. The van der Waals surface area contributed by atoms with Crippen molar-refractivity contribution in [3.8, 4) is 11.5 Å². The summed E-state index contributed by atoms with van der Waals surface area (Å²) in [6.45, 7) is 2.21. The molecule has 2 aromatic heterocycles. The predicted octanol–water partition coefficient (Wildman–Crippen LogP) is 6.69. The minimum Gasteiger partial charge on any atom is -0.497 e. The van der Waals surface area contributed by atoms with E-state index in [4.69, 9.17) is 22.4 Å². The van der Waals surface area contributed by atoms with Crippen LogP contribution in [-0.2, 0) is 16.5 Å². The van der Waals surface area contributed by atoms with Gasteiger partial charge in [0.05, 0.1) is 22.6 Å². The minimum absolute atomic E-state index is 0.635. The van der Waals surface area contributed by atoms with Gasteiger partial charge in [-0.3, -0.25) is 4.55 Å². The molecule has 0 radical (unpaired) electrons. The van der Waals surface area contributed by atoms with E-state index in [9.17, 15) is 13.2 Å². The molecule has 0 aliphatic rings. The minimum atomic E-state index is -5.84. The van der Waals surface area contributed by atoms with Gasteiger partial charge in [0, 0.05) is 9.50 Å². The van der Waals surface area contributed by atoms with Gasteiger partial charge in [-0.2, -0.15) is 21.6 Å². The highest BCUT2D eigenvalue weighted by Gasteiger charge is 2.44. The maximum absolute atomic E-state index is 10.7. The van der Waals surface area contributed by atoms with Crippen LogP contribution in [0.3, 0.4) is 0 Å². The maximum atomic E-state index is 10.7. The molecule has 5 nitrogen and oxygen atoms in total. The largest absolute Gasteiger partial charge is 0.522 e. The summed E-state index contributed by atoms with van der Waals surface area (Å²) in [5, 5.41) is 2.64. The lowest BCUT2D eigenvalue weighted by Crippen LogP contribution is -2.21. The van der Waals surface area contributed by atoms with Gasteiger partial charge < -0.3 is 9.47 Å². The monoisotopic (exact) mass is 620 g/mol. The summed E-state index contributed by atoms with van der Waals surface area (Å²) in [7, 11) is -3.06. The van der Waals surface area contributed by atoms with Crippen LogP contribution in [-0.4, -0.2) is 32.7 Å². The van der Waals surface area contributed by atoms with Crippen LogP contribution in [0.2, 0.25) is 0 Å². The van der Waals surface area contributed by atoms with Gasteiger partial charge in [-0.15, -0.1) is 22.7 Å². The zero-order chi connectivity index (χ0) is 27.9.